The van der Waals surface area contributed by atoms with Crippen LogP contribution >= 0.6 is 0 Å². The summed E-state index contributed by atoms with van der Waals surface area (Å²) in [7, 11) is 0. The number of hydrogen-bond acceptors (Lipinski definition) is 2. The Morgan fingerprint density at radius 2 is 2.06 bits per heavy atom. The van der Waals surface area contributed by atoms with Crippen LogP contribution in [0.15, 0.2) is 24.3 Å². The summed E-state index contributed by atoms with van der Waals surface area (Å²) in [4.78, 5) is 0. The van der Waals surface area contributed by atoms with Crippen LogP contribution in [0.5, 0.6) is 5.75 Å². The van der Waals surface area contributed by atoms with Crippen LogP contribution < -0.4 is 10.1 Å². The quantitative estimate of drug-likeness (QED) is 0.892. The van der Waals surface area contributed by atoms with Gasteiger partial charge in [-0.15, -0.1) is 0 Å². The van der Waals surface area contributed by atoms with Gasteiger partial charge in [0.1, 0.15) is 5.75 Å². The van der Waals surface area contributed by atoms with E-state index in [2.05, 4.69) is 5.32 Å². The van der Waals surface area contributed by atoms with Gasteiger partial charge in [-0.05, 0) is 44.0 Å². The maximum atomic E-state index is 13.2. The summed E-state index contributed by atoms with van der Waals surface area (Å²) in [5, 5.41) is 3.29. The minimum Gasteiger partial charge on any atom is -0.493 e. The number of halogens is 2. The highest BCUT2D eigenvalue weighted by Gasteiger charge is 2.24. The molecule has 2 rings (SSSR count). The van der Waals surface area contributed by atoms with Crippen LogP contribution in [0.3, 0.4) is 0 Å². The number of alkyl halides is 2. The Morgan fingerprint density at radius 3 is 2.72 bits per heavy atom. The monoisotopic (exact) mass is 255 g/mol. The maximum absolute atomic E-state index is 13.2. The molecule has 1 aliphatic heterocycles. The van der Waals surface area contributed by atoms with Gasteiger partial charge in [0.05, 0.1) is 6.61 Å². The van der Waals surface area contributed by atoms with Crippen molar-refractivity contribution in [3.63, 3.8) is 0 Å². The lowest BCUT2D eigenvalue weighted by atomic mass is 9.99. The first-order valence-electron chi connectivity index (χ1n) is 6.37. The summed E-state index contributed by atoms with van der Waals surface area (Å²) in [5.74, 6) is -1.75. The van der Waals surface area contributed by atoms with Crippen molar-refractivity contribution in [1.29, 1.82) is 0 Å². The zero-order valence-corrected chi connectivity index (χ0v) is 10.6. The molecule has 0 saturated carbocycles. The van der Waals surface area contributed by atoms with E-state index < -0.39 is 5.92 Å². The van der Waals surface area contributed by atoms with E-state index >= 15 is 0 Å². The number of hydrogen-bond donors (Lipinski definition) is 1. The lowest BCUT2D eigenvalue weighted by Gasteiger charge is -2.22. The summed E-state index contributed by atoms with van der Waals surface area (Å²) >= 11 is 0. The van der Waals surface area contributed by atoms with Gasteiger partial charge >= 0.3 is 0 Å². The average molecular weight is 255 g/mol. The maximum Gasteiger partial charge on any atom is 0.270 e. The lowest BCUT2D eigenvalue weighted by Crippen LogP contribution is -2.30. The Kier molecular flexibility index (Phi) is 4.17. The van der Waals surface area contributed by atoms with Crippen molar-refractivity contribution in [2.45, 2.75) is 25.7 Å². The molecule has 1 fully saturated rings. The van der Waals surface area contributed by atoms with Crippen molar-refractivity contribution < 1.29 is 13.5 Å². The first-order chi connectivity index (χ1) is 8.55. The van der Waals surface area contributed by atoms with Gasteiger partial charge in [-0.25, -0.2) is 8.78 Å². The van der Waals surface area contributed by atoms with Crippen molar-refractivity contribution in [3.8, 4) is 5.75 Å². The topological polar surface area (TPSA) is 21.3 Å². The Bertz CT molecular complexity index is 384. The number of piperidine rings is 1. The molecular weight excluding hydrogens is 236 g/mol. The number of ether oxygens (including phenoxy) is 1. The molecule has 0 aliphatic carbocycles. The predicted molar refractivity (Wildman–Crippen MR) is 67.1 cm³/mol. The number of rotatable bonds is 4. The Labute approximate surface area is 106 Å². The largest absolute Gasteiger partial charge is 0.493 e. The fourth-order valence-corrected chi connectivity index (χ4v) is 2.12. The summed E-state index contributed by atoms with van der Waals surface area (Å²) in [6.07, 6.45) is 2.17. The molecule has 1 N–H and O–H groups in total. The molecule has 0 unspecified atom stereocenters. The molecule has 4 heteroatoms. The zero-order valence-electron chi connectivity index (χ0n) is 10.6. The van der Waals surface area contributed by atoms with E-state index in [1.165, 1.54) is 12.1 Å². The van der Waals surface area contributed by atoms with Gasteiger partial charge in [-0.3, -0.25) is 0 Å². The van der Waals surface area contributed by atoms with Gasteiger partial charge in [0.15, 0.2) is 0 Å². The van der Waals surface area contributed by atoms with E-state index in [1.807, 2.05) is 0 Å². The van der Waals surface area contributed by atoms with Crippen LogP contribution in [0, 0.1) is 5.92 Å². The first kappa shape index (κ1) is 13.3. The molecule has 1 heterocycles. The minimum absolute atomic E-state index is 0.00492. The average Bonchev–Trinajstić information content (AvgIpc) is 2.37. The van der Waals surface area contributed by atoms with E-state index in [4.69, 9.17) is 4.74 Å². The summed E-state index contributed by atoms with van der Waals surface area (Å²) in [6, 6.07) is 6.21. The highest BCUT2D eigenvalue weighted by molar-refractivity contribution is 5.30. The second-order valence-corrected chi connectivity index (χ2v) is 4.92. The molecule has 18 heavy (non-hydrogen) atoms. The van der Waals surface area contributed by atoms with Gasteiger partial charge < -0.3 is 10.1 Å². The fourth-order valence-electron chi connectivity index (χ4n) is 2.12. The summed E-state index contributed by atoms with van der Waals surface area (Å²) < 4.78 is 32.0. The molecular formula is C14H19F2NO. The van der Waals surface area contributed by atoms with E-state index in [1.54, 1.807) is 12.1 Å². The van der Waals surface area contributed by atoms with Gasteiger partial charge in [-0.2, -0.15) is 0 Å². The van der Waals surface area contributed by atoms with Crippen molar-refractivity contribution in [2.75, 3.05) is 19.7 Å². The number of nitrogens with one attached hydrogen (secondary N) is 1. The summed E-state index contributed by atoms with van der Waals surface area (Å²) in [5.41, 5.74) is 0.00492. The second-order valence-electron chi connectivity index (χ2n) is 4.92. The molecule has 0 amide bonds. The van der Waals surface area contributed by atoms with E-state index in [0.29, 0.717) is 18.3 Å². The molecule has 100 valence electrons. The van der Waals surface area contributed by atoms with Crippen LogP contribution in [-0.4, -0.2) is 19.7 Å². The van der Waals surface area contributed by atoms with Crippen LogP contribution in [-0.2, 0) is 5.92 Å². The van der Waals surface area contributed by atoms with Crippen molar-refractivity contribution in [2.24, 2.45) is 5.92 Å². The normalized spacial score (nSPS) is 17.7. The Morgan fingerprint density at radius 1 is 1.33 bits per heavy atom. The minimum atomic E-state index is -2.81. The molecule has 0 bridgehead atoms. The Balaban J connectivity index is 1.92. The zero-order chi connectivity index (χ0) is 13.0. The lowest BCUT2D eigenvalue weighted by molar-refractivity contribution is 0.0171. The van der Waals surface area contributed by atoms with Crippen molar-refractivity contribution in [1.82, 2.24) is 5.32 Å². The van der Waals surface area contributed by atoms with Gasteiger partial charge in [0.2, 0.25) is 0 Å². The van der Waals surface area contributed by atoms with E-state index in [0.717, 1.165) is 32.9 Å². The molecule has 0 radical (unpaired) electrons. The van der Waals surface area contributed by atoms with Crippen LogP contribution in [0.4, 0.5) is 8.78 Å². The van der Waals surface area contributed by atoms with Gasteiger partial charge in [-0.1, -0.05) is 12.1 Å². The third-order valence-corrected chi connectivity index (χ3v) is 3.29. The predicted octanol–water partition coefficient (Wildman–Crippen LogP) is 3.18. The van der Waals surface area contributed by atoms with Crippen molar-refractivity contribution in [3.05, 3.63) is 29.8 Å². The SMILES string of the molecule is CC(F)(F)c1cccc(OCC2CCNCC2)c1. The molecule has 2 nitrogen and oxygen atoms in total. The second kappa shape index (κ2) is 5.65. The molecule has 1 saturated heterocycles. The van der Waals surface area contributed by atoms with Gasteiger partial charge in [0.25, 0.3) is 5.92 Å². The van der Waals surface area contributed by atoms with Crippen LogP contribution in [0.1, 0.15) is 25.3 Å². The molecule has 1 aromatic rings. The van der Waals surface area contributed by atoms with Gasteiger partial charge in [0, 0.05) is 12.5 Å². The molecule has 0 spiro atoms. The van der Waals surface area contributed by atoms with Crippen molar-refractivity contribution >= 4 is 0 Å². The standard InChI is InChI=1S/C14H19F2NO/c1-14(15,16)12-3-2-4-13(9-12)18-10-11-5-7-17-8-6-11/h2-4,9,11,17H,5-8,10H2,1H3. The number of benzene rings is 1. The molecule has 1 aliphatic rings. The van der Waals surface area contributed by atoms with Crippen LogP contribution in [0.25, 0.3) is 0 Å². The smallest absolute Gasteiger partial charge is 0.270 e. The first-order valence-corrected chi connectivity index (χ1v) is 6.37. The molecule has 1 aromatic carbocycles. The highest BCUT2D eigenvalue weighted by atomic mass is 19.3. The molecule has 0 atom stereocenters. The van der Waals surface area contributed by atoms with Crippen LogP contribution in [0.2, 0.25) is 0 Å². The fraction of sp³-hybridized carbons (Fsp3) is 0.571. The van der Waals surface area contributed by atoms with E-state index in [9.17, 15) is 8.78 Å². The third-order valence-electron chi connectivity index (χ3n) is 3.29. The summed E-state index contributed by atoms with van der Waals surface area (Å²) in [6.45, 7) is 3.54. The third kappa shape index (κ3) is 3.67. The van der Waals surface area contributed by atoms with E-state index in [-0.39, 0.29) is 5.56 Å². The highest BCUT2D eigenvalue weighted by Crippen LogP contribution is 2.29. The molecule has 0 aromatic heterocycles. The Hall–Kier alpha value is -1.16.